The number of nitrogens with one attached hydrogen (secondary N) is 5. The van der Waals surface area contributed by atoms with E-state index in [9.17, 15) is 14.4 Å². The number of hydrogen-bond acceptors (Lipinski definition) is 9. The maximum Gasteiger partial charge on any atom is 0.410 e. The van der Waals surface area contributed by atoms with E-state index in [0.717, 1.165) is 70.0 Å². The van der Waals surface area contributed by atoms with Gasteiger partial charge in [-0.3, -0.25) is 9.88 Å². The van der Waals surface area contributed by atoms with Gasteiger partial charge in [0.1, 0.15) is 6.61 Å². The minimum absolute atomic E-state index is 0.0649. The van der Waals surface area contributed by atoms with Crippen LogP contribution in [0.25, 0.3) is 0 Å². The van der Waals surface area contributed by atoms with Crippen molar-refractivity contribution < 1.29 is 23.5 Å². The molecule has 4 fully saturated rings. The van der Waals surface area contributed by atoms with Crippen LogP contribution in [-0.2, 0) is 17.9 Å². The number of likely N-dealkylation sites (tertiary alicyclic amines) is 1. The number of aromatic nitrogens is 1. The Hall–Kier alpha value is -4.83. The first-order valence-corrected chi connectivity index (χ1v) is 19.8. The number of hydrogen-bond donors (Lipinski definition) is 5. The van der Waals surface area contributed by atoms with Gasteiger partial charge in [0, 0.05) is 108 Å². The summed E-state index contributed by atoms with van der Waals surface area (Å²) >= 11 is 0. The fourth-order valence-electron chi connectivity index (χ4n) is 6.73. The van der Waals surface area contributed by atoms with Crippen molar-refractivity contribution in [3.05, 3.63) is 89.5 Å². The van der Waals surface area contributed by atoms with Crippen molar-refractivity contribution in [1.29, 1.82) is 0 Å². The molecule has 1 aromatic heterocycles. The maximum absolute atomic E-state index is 15.1. The summed E-state index contributed by atoms with van der Waals surface area (Å²) in [5.74, 6) is -0.448. The van der Waals surface area contributed by atoms with Crippen LogP contribution in [0.2, 0.25) is 0 Å². The van der Waals surface area contributed by atoms with Crippen molar-refractivity contribution in [3.8, 4) is 0 Å². The van der Waals surface area contributed by atoms with Gasteiger partial charge in [0.25, 0.3) is 0 Å². The summed E-state index contributed by atoms with van der Waals surface area (Å²) in [7, 11) is 0. The second kappa shape index (κ2) is 21.5. The van der Waals surface area contributed by atoms with E-state index < -0.39 is 11.8 Å². The van der Waals surface area contributed by atoms with Gasteiger partial charge in [-0.2, -0.15) is 0 Å². The van der Waals surface area contributed by atoms with Crippen LogP contribution < -0.4 is 26.6 Å². The minimum Gasteiger partial charge on any atom is -0.445 e. The molecular formula is C41H59FN10O4. The normalized spacial score (nSPS) is 20.9. The highest BCUT2D eigenvalue weighted by atomic mass is 19.1. The average molecular weight is 775 g/mol. The van der Waals surface area contributed by atoms with Crippen molar-refractivity contribution in [1.82, 2.24) is 40.5 Å². The fraction of sp³-hybridized carbons (Fsp3) is 0.512. The Bertz CT molecular complexity index is 1690. The molecule has 5 N–H and O–H groups in total. The predicted molar refractivity (Wildman–Crippen MR) is 217 cm³/mol. The summed E-state index contributed by atoms with van der Waals surface area (Å²) < 4.78 is 20.4. The van der Waals surface area contributed by atoms with E-state index in [-0.39, 0.29) is 29.9 Å². The Kier molecular flexibility index (Phi) is 16.2. The molecule has 14 nitrogen and oxygen atoms in total. The predicted octanol–water partition coefficient (Wildman–Crippen LogP) is 4.69. The molecule has 3 atom stereocenters. The van der Waals surface area contributed by atoms with Crippen molar-refractivity contribution in [2.24, 2.45) is 0 Å². The molecule has 4 aliphatic rings. The van der Waals surface area contributed by atoms with Gasteiger partial charge < -0.3 is 46.0 Å². The van der Waals surface area contributed by atoms with Gasteiger partial charge in [0.15, 0.2) is 5.82 Å². The zero-order valence-electron chi connectivity index (χ0n) is 33.2. The zero-order chi connectivity index (χ0) is 39.9. The van der Waals surface area contributed by atoms with Gasteiger partial charge in [-0.05, 0) is 57.9 Å². The van der Waals surface area contributed by atoms with Gasteiger partial charge >= 0.3 is 18.2 Å². The number of pyridine rings is 1. The topological polar surface area (TPSA) is 146 Å². The van der Waals surface area contributed by atoms with Crippen LogP contribution in [0.3, 0.4) is 0 Å². The van der Waals surface area contributed by atoms with Crippen molar-refractivity contribution >= 4 is 29.5 Å². The van der Waals surface area contributed by atoms with E-state index in [4.69, 9.17) is 4.74 Å². The first kappa shape index (κ1) is 42.3. The van der Waals surface area contributed by atoms with Crippen LogP contribution in [0.15, 0.2) is 66.9 Å². The summed E-state index contributed by atoms with van der Waals surface area (Å²) in [6.07, 6.45) is 2.40. The number of amides is 5. The smallest absolute Gasteiger partial charge is 0.410 e. The third-order valence-corrected chi connectivity index (χ3v) is 10.2. The monoisotopic (exact) mass is 774 g/mol. The van der Waals surface area contributed by atoms with Crippen LogP contribution in [0, 0.1) is 12.7 Å². The Morgan fingerprint density at radius 3 is 2.25 bits per heavy atom. The maximum atomic E-state index is 15.1. The molecule has 4 aliphatic heterocycles. The van der Waals surface area contributed by atoms with E-state index in [0.29, 0.717) is 50.1 Å². The van der Waals surface area contributed by atoms with E-state index in [1.54, 1.807) is 35.4 Å². The van der Waals surface area contributed by atoms with Gasteiger partial charge in [0.2, 0.25) is 0 Å². The minimum atomic E-state index is -0.529. The Morgan fingerprint density at radius 2 is 1.62 bits per heavy atom. The summed E-state index contributed by atoms with van der Waals surface area (Å²) in [6.45, 7) is 18.3. The molecule has 0 unspecified atom stereocenters. The number of carbonyl (C=O) groups excluding carboxylic acids is 3. The highest BCUT2D eigenvalue weighted by Crippen LogP contribution is 2.23. The lowest BCUT2D eigenvalue weighted by Crippen LogP contribution is -2.59. The van der Waals surface area contributed by atoms with E-state index in [2.05, 4.69) is 43.4 Å². The third kappa shape index (κ3) is 12.9. The Balaban J connectivity index is 0.000000206. The van der Waals surface area contributed by atoms with Crippen LogP contribution in [-0.4, -0.2) is 133 Å². The molecule has 15 heteroatoms. The molecule has 7 rings (SSSR count). The number of nitrogens with zero attached hydrogens (tertiary/aromatic N) is 5. The summed E-state index contributed by atoms with van der Waals surface area (Å²) in [5, 5.41) is 15.1. The molecular weight excluding hydrogens is 716 g/mol. The first-order valence-electron chi connectivity index (χ1n) is 19.8. The van der Waals surface area contributed by atoms with Crippen LogP contribution in [0.5, 0.6) is 0 Å². The highest BCUT2D eigenvalue weighted by Gasteiger charge is 2.32. The molecule has 304 valence electrons. The second-order valence-electron chi connectivity index (χ2n) is 14.8. The Labute approximate surface area is 330 Å². The number of carbonyl (C=O) groups is 3. The number of halogens is 1. The SMILES string of the molecule is C[C@@H]1CNCCN1.C[C@@H]1CNCCN1C(=O)OCc1ccccc1.Cc1ccc(NC(=O)Nc2cccc(CN3CCN(C(=O)N4CCC4)[C@H](C)C3)c2F)cn1. The largest absolute Gasteiger partial charge is 0.445 e. The summed E-state index contributed by atoms with van der Waals surface area (Å²) in [4.78, 5) is 48.5. The molecule has 3 aromatic rings. The molecule has 0 radical (unpaired) electrons. The fourth-order valence-corrected chi connectivity index (χ4v) is 6.73. The van der Waals surface area contributed by atoms with Gasteiger partial charge in [-0.15, -0.1) is 0 Å². The molecule has 5 heterocycles. The molecule has 0 aliphatic carbocycles. The molecule has 5 amide bonds. The van der Waals surface area contributed by atoms with Crippen LogP contribution in [0.4, 0.5) is 30.1 Å². The third-order valence-electron chi connectivity index (χ3n) is 10.2. The number of anilines is 2. The summed E-state index contributed by atoms with van der Waals surface area (Å²) in [5.41, 5.74) is 3.02. The first-order chi connectivity index (χ1) is 27.1. The van der Waals surface area contributed by atoms with Crippen molar-refractivity contribution in [2.45, 2.75) is 65.4 Å². The zero-order valence-corrected chi connectivity index (χ0v) is 33.2. The molecule has 56 heavy (non-hydrogen) atoms. The summed E-state index contributed by atoms with van der Waals surface area (Å²) in [6, 6.07) is 18.8. The van der Waals surface area contributed by atoms with Crippen molar-refractivity contribution in [3.63, 3.8) is 0 Å². The molecule has 0 saturated carbocycles. The second-order valence-corrected chi connectivity index (χ2v) is 14.8. The molecule has 2 aromatic carbocycles. The molecule has 0 spiro atoms. The van der Waals surface area contributed by atoms with Crippen LogP contribution in [0.1, 0.15) is 44.0 Å². The average Bonchev–Trinajstić information content (AvgIpc) is 3.17. The van der Waals surface area contributed by atoms with Gasteiger partial charge in [-0.1, -0.05) is 42.5 Å². The number of piperazine rings is 3. The molecule has 0 bridgehead atoms. The Morgan fingerprint density at radius 1 is 0.839 bits per heavy atom. The number of urea groups is 2. The van der Waals surface area contributed by atoms with Gasteiger partial charge in [0.05, 0.1) is 17.6 Å². The molecule has 4 saturated heterocycles. The van der Waals surface area contributed by atoms with E-state index in [1.807, 2.05) is 60.9 Å². The number of ether oxygens (including phenoxy) is 1. The lowest BCUT2D eigenvalue weighted by atomic mass is 10.1. The number of rotatable bonds is 6. The quantitative estimate of drug-likeness (QED) is 0.241. The standard InChI is InChI=1S/C23H29FN6O2.C13H18N2O2.C5H12N2/c1-16-7-8-19(13-25-16)26-22(31)27-20-6-3-5-18(21(20)24)15-28-11-12-30(17(2)14-28)23(32)29-9-4-10-29;1-11-9-14-7-8-15(11)13(16)17-10-12-5-3-2-4-6-12;1-5-4-6-2-3-7-5/h3,5-8,13,17H,4,9-12,14-15H2,1-2H3,(H2,26,27,31);2-6,11,14H,7-10H2,1H3;5-7H,2-4H2,1H3/t17-;11-;5-/m111/s1. The van der Waals surface area contributed by atoms with E-state index in [1.165, 1.54) is 6.07 Å². The lowest BCUT2D eigenvalue weighted by molar-refractivity contribution is 0.0657. The van der Waals surface area contributed by atoms with Crippen molar-refractivity contribution in [2.75, 3.05) is 82.6 Å². The van der Waals surface area contributed by atoms with Crippen LogP contribution >= 0.6 is 0 Å². The number of aryl methyl sites for hydroxylation is 1. The lowest BCUT2D eigenvalue weighted by Gasteiger charge is -2.44. The van der Waals surface area contributed by atoms with Gasteiger partial charge in [-0.25, -0.2) is 18.8 Å². The van der Waals surface area contributed by atoms with E-state index >= 15 is 4.39 Å². The highest BCUT2D eigenvalue weighted by molar-refractivity contribution is 5.99. The number of benzene rings is 2.